The fourth-order valence-electron chi connectivity index (χ4n) is 14.2. The molecule has 3 aliphatic carbocycles. The van der Waals surface area contributed by atoms with Crippen LogP contribution in [0, 0.1) is 28.6 Å². The third-order valence-corrected chi connectivity index (χ3v) is 23.2. The number of aromatic nitrogens is 4. The average Bonchev–Trinajstić information content (AvgIpc) is 0.854. The number of benzene rings is 3. The number of hydrogen-bond acceptors (Lipinski definition) is 18. The summed E-state index contributed by atoms with van der Waals surface area (Å²) in [6.45, 7) is 16.8. The molecular formula is C78H104N13O14S2+. The van der Waals surface area contributed by atoms with E-state index in [1.807, 2.05) is 32.0 Å². The molecule has 0 spiro atoms. The molecule has 27 nitrogen and oxygen atoms in total. The summed E-state index contributed by atoms with van der Waals surface area (Å²) in [5, 5.41) is 31.0. The van der Waals surface area contributed by atoms with Crippen LogP contribution in [0.15, 0.2) is 121 Å². The van der Waals surface area contributed by atoms with Crippen molar-refractivity contribution in [3.8, 4) is 17.6 Å². The highest BCUT2D eigenvalue weighted by Crippen LogP contribution is 2.65. The summed E-state index contributed by atoms with van der Waals surface area (Å²) in [5.74, 6) is 0.986. The molecule has 107 heavy (non-hydrogen) atoms. The van der Waals surface area contributed by atoms with E-state index in [9.17, 15) is 50.6 Å². The highest BCUT2D eigenvalue weighted by molar-refractivity contribution is 7.89. The number of anilines is 1. The van der Waals surface area contributed by atoms with Crippen molar-refractivity contribution >= 4 is 72.6 Å². The number of nitrogens with one attached hydrogen (secondary N) is 3. The first-order valence-electron chi connectivity index (χ1n) is 37.1. The Labute approximate surface area is 627 Å². The van der Waals surface area contributed by atoms with Crippen LogP contribution in [-0.2, 0) is 64.2 Å². The Bertz CT molecular complexity index is 4490. The Kier molecular flexibility index (Phi) is 30.6. The average molecular weight is 1510 g/mol. The number of unbranched alkanes of at least 4 members (excludes halogenated alkanes) is 8. The van der Waals surface area contributed by atoms with E-state index in [0.717, 1.165) is 98.2 Å². The summed E-state index contributed by atoms with van der Waals surface area (Å²) in [5.41, 5.74) is 14.3. The number of rotatable bonds is 45. The maximum atomic E-state index is 13.7. The highest BCUT2D eigenvalue weighted by atomic mass is 32.2. The van der Waals surface area contributed by atoms with Gasteiger partial charge in [0.15, 0.2) is 11.1 Å². The van der Waals surface area contributed by atoms with Crippen LogP contribution in [0.5, 0.6) is 11.5 Å². The number of sulfonamides is 1. The minimum absolute atomic E-state index is 0.0156. The lowest BCUT2D eigenvalue weighted by Gasteiger charge is -2.59. The van der Waals surface area contributed by atoms with Gasteiger partial charge in [0, 0.05) is 129 Å². The summed E-state index contributed by atoms with van der Waals surface area (Å²) in [6.07, 6.45) is 19.5. The smallest absolute Gasteiger partial charge is 0.343 e. The number of methoxy groups -OCH3 is 2. The molecule has 29 heteroatoms. The van der Waals surface area contributed by atoms with Crippen molar-refractivity contribution in [1.29, 1.82) is 5.26 Å². The molecule has 0 unspecified atom stereocenters. The zero-order chi connectivity index (χ0) is 77.3. The van der Waals surface area contributed by atoms with Gasteiger partial charge in [-0.2, -0.15) is 18.2 Å². The number of ether oxygens (including phenoxy) is 3. The first-order chi connectivity index (χ1) is 51.3. The van der Waals surface area contributed by atoms with Gasteiger partial charge in [0.2, 0.25) is 23.4 Å². The predicted molar refractivity (Wildman–Crippen MR) is 407 cm³/mol. The Hall–Kier alpha value is -9.46. The number of fused-ring (bicyclic) bond motifs is 2. The molecule has 4 amide bonds. The zero-order valence-electron chi connectivity index (χ0n) is 62.9. The van der Waals surface area contributed by atoms with E-state index < -0.39 is 44.1 Å². The monoisotopic (exact) mass is 1510 g/mol. The van der Waals surface area contributed by atoms with Gasteiger partial charge in [0.05, 0.1) is 56.2 Å². The van der Waals surface area contributed by atoms with E-state index in [0.29, 0.717) is 110 Å². The van der Waals surface area contributed by atoms with Crippen LogP contribution >= 0.6 is 0 Å². The number of hydrogen-bond donors (Lipinski definition) is 4. The number of azide groups is 1. The zero-order valence-corrected chi connectivity index (χ0v) is 64.5. The van der Waals surface area contributed by atoms with E-state index in [-0.39, 0.29) is 82.9 Å². The lowest BCUT2D eigenvalue weighted by molar-refractivity contribution is -0.700. The molecule has 1 saturated carbocycles. The summed E-state index contributed by atoms with van der Waals surface area (Å²) in [4.78, 5) is 69.9. The second kappa shape index (κ2) is 39.4. The SMILES string of the molecule is CCN(CC)c1ccc2cc(/C=C/c3ccc(S(=O)(=O)O)c[n+]3CCCCCC(=O)NCCOCCn3cc(CCC(=O)N(CC#N)S(=O)(=O)c4ccc(C(=O)NCCCCCCC(=O)NCC5=C[C@H](c6c(OC)cc(C(C)(C)CCCCCCN=[N+]=[N-])cc6OC)[C@@H]6C[C@H]5C6(C)C)cc4)nn3)c(=O)oc2c1. The van der Waals surface area contributed by atoms with E-state index in [1.54, 1.807) is 49.3 Å². The molecule has 3 atom stereocenters. The van der Waals surface area contributed by atoms with Gasteiger partial charge in [-0.15, -0.1) is 5.10 Å². The highest BCUT2D eigenvalue weighted by Gasteiger charge is 2.56. The number of pyridine rings is 1. The van der Waals surface area contributed by atoms with E-state index >= 15 is 0 Å². The van der Waals surface area contributed by atoms with Crippen LogP contribution in [0.1, 0.15) is 189 Å². The van der Waals surface area contributed by atoms with Gasteiger partial charge >= 0.3 is 5.63 Å². The van der Waals surface area contributed by atoms with Gasteiger partial charge in [-0.1, -0.05) is 81.8 Å². The molecule has 3 aliphatic rings. The van der Waals surface area contributed by atoms with Gasteiger partial charge in [-0.05, 0) is 159 Å². The van der Waals surface area contributed by atoms with Crippen LogP contribution in [0.2, 0.25) is 0 Å². The van der Waals surface area contributed by atoms with Crippen molar-refractivity contribution in [2.45, 2.75) is 185 Å². The molecule has 3 aromatic heterocycles. The Morgan fingerprint density at radius 1 is 0.841 bits per heavy atom. The molecule has 2 bridgehead atoms. The number of allylic oxidation sites excluding steroid dienone is 1. The summed E-state index contributed by atoms with van der Waals surface area (Å²) >= 11 is 0. The number of nitrogens with zero attached hydrogens (tertiary/aromatic N) is 10. The number of aryl methyl sites for hydroxylation is 2. The van der Waals surface area contributed by atoms with Crippen molar-refractivity contribution in [1.82, 2.24) is 35.2 Å². The number of amides is 4. The van der Waals surface area contributed by atoms with Crippen LogP contribution in [0.25, 0.3) is 33.6 Å². The minimum Gasteiger partial charge on any atom is -0.496 e. The fraction of sp³-hybridized carbons (Fsp3) is 0.526. The normalized spacial score (nSPS) is 15.4. The van der Waals surface area contributed by atoms with Gasteiger partial charge in [-0.25, -0.2) is 22.2 Å². The van der Waals surface area contributed by atoms with Crippen molar-refractivity contribution in [2.24, 2.45) is 22.4 Å². The molecule has 6 aromatic rings. The van der Waals surface area contributed by atoms with Crippen molar-refractivity contribution < 1.29 is 63.8 Å². The molecule has 3 heterocycles. The molecule has 9 rings (SSSR count). The van der Waals surface area contributed by atoms with Gasteiger partial charge < -0.3 is 39.5 Å². The summed E-state index contributed by atoms with van der Waals surface area (Å²) < 4.78 is 88.6. The molecular weight excluding hydrogens is 1410 g/mol. The Morgan fingerprint density at radius 3 is 2.21 bits per heavy atom. The quantitative estimate of drug-likeness (QED) is 0.00317. The van der Waals surface area contributed by atoms with Gasteiger partial charge in [-0.3, -0.25) is 23.7 Å². The summed E-state index contributed by atoms with van der Waals surface area (Å²) in [6, 6.07) is 21.5. The molecule has 0 aliphatic heterocycles. The molecule has 0 radical (unpaired) electrons. The lowest BCUT2D eigenvalue weighted by Crippen LogP contribution is -2.52. The Balaban J connectivity index is 0.689. The molecule has 3 aromatic carbocycles. The first kappa shape index (κ1) is 83.2. The van der Waals surface area contributed by atoms with Crippen LogP contribution < -0.4 is 40.5 Å². The number of carbonyl (C=O) groups is 4. The second-order valence-electron chi connectivity index (χ2n) is 28.5. The maximum Gasteiger partial charge on any atom is 0.343 e. The molecule has 4 N–H and O–H groups in total. The number of nitriles is 1. The fourth-order valence-corrected chi connectivity index (χ4v) is 16.0. The largest absolute Gasteiger partial charge is 0.496 e. The molecule has 576 valence electrons. The lowest BCUT2D eigenvalue weighted by atomic mass is 9.45. The topological polar surface area (TPSA) is 364 Å². The van der Waals surface area contributed by atoms with Gasteiger partial charge in [0.25, 0.3) is 26.0 Å². The van der Waals surface area contributed by atoms with Crippen LogP contribution in [0.3, 0.4) is 0 Å². The van der Waals surface area contributed by atoms with E-state index in [2.05, 4.69) is 87.1 Å². The first-order valence-corrected chi connectivity index (χ1v) is 39.9. The molecule has 1 fully saturated rings. The van der Waals surface area contributed by atoms with Crippen LogP contribution in [0.4, 0.5) is 5.69 Å². The maximum absolute atomic E-state index is 13.7. The predicted octanol–water partition coefficient (Wildman–Crippen LogP) is 11.7. The summed E-state index contributed by atoms with van der Waals surface area (Å²) in [7, 11) is -5.55. The van der Waals surface area contributed by atoms with E-state index in [1.165, 1.54) is 52.8 Å². The van der Waals surface area contributed by atoms with Crippen molar-refractivity contribution in [3.05, 3.63) is 151 Å². The van der Waals surface area contributed by atoms with Gasteiger partial charge in [0.1, 0.15) is 30.2 Å². The van der Waals surface area contributed by atoms with Crippen LogP contribution in [-0.4, -0.2) is 138 Å². The van der Waals surface area contributed by atoms with E-state index in [4.69, 9.17) is 24.2 Å². The standard InChI is InChI=1S/C78H103N13O14S2/c1-9-88(10-2)62-30-24-56-46-57(76(96)105-68(56)50-62)25-29-61-31-34-64(107(99,100)101)54-89(61)41-21-15-17-22-71(92)81-40-44-104-45-43-90-53-60(85-87-90)28-35-73(94)91(42-37-79)106(97,98)63-32-26-55(27-33-63)75(95)82-38-19-13-11-16-23-72(93)83-52-58-47-65(67-51-66(58)78(67,5)6)74-69(102-7)48-59(49-70(74)103-8)77(3,4)36-18-12-14-20-39-84-86-80/h24-27,29-34,46-50,53-54,65-67H,9-23,28,35-36,38-45,51-52H2,1-8H3,(H3-,81,82,83,92,93,95,99,100,101)/p+1/t65-,66+,67-/m0/s1. The molecule has 0 saturated heterocycles. The number of carbonyl (C=O) groups excluding carboxylic acids is 4. The third kappa shape index (κ3) is 22.8. The minimum atomic E-state index is -4.50. The third-order valence-electron chi connectivity index (χ3n) is 20.6. The second-order valence-corrected chi connectivity index (χ2v) is 31.8. The Morgan fingerprint density at radius 2 is 1.52 bits per heavy atom. The van der Waals surface area contributed by atoms with Crippen molar-refractivity contribution in [2.75, 3.05) is 78.1 Å². The van der Waals surface area contributed by atoms with Crippen molar-refractivity contribution in [3.63, 3.8) is 0 Å².